The van der Waals surface area contributed by atoms with Crippen LogP contribution in [0, 0.1) is 5.92 Å². The molecule has 3 unspecified atom stereocenters. The number of hydrogen-bond acceptors (Lipinski definition) is 8. The molecular formula is C25H31NO7. The van der Waals surface area contributed by atoms with Gasteiger partial charge in [0.25, 0.3) is 0 Å². The molecule has 2 aromatic carbocycles. The highest BCUT2D eigenvalue weighted by atomic mass is 16.7. The number of morpholine rings is 1. The third-order valence-electron chi connectivity index (χ3n) is 6.81. The van der Waals surface area contributed by atoms with Crippen LogP contribution in [-0.4, -0.2) is 65.6 Å². The molecule has 33 heavy (non-hydrogen) atoms. The topological polar surface area (TPSA) is 67.9 Å². The van der Waals surface area contributed by atoms with Gasteiger partial charge in [-0.2, -0.15) is 0 Å². The van der Waals surface area contributed by atoms with Crippen molar-refractivity contribution in [3.05, 3.63) is 35.4 Å². The fourth-order valence-corrected chi connectivity index (χ4v) is 5.22. The van der Waals surface area contributed by atoms with Gasteiger partial charge in [-0.15, -0.1) is 0 Å². The van der Waals surface area contributed by atoms with Gasteiger partial charge in [-0.3, -0.25) is 4.90 Å². The number of ether oxygens (including phenoxy) is 7. The van der Waals surface area contributed by atoms with Crippen LogP contribution in [0.4, 0.5) is 0 Å². The average Bonchev–Trinajstić information content (AvgIpc) is 3.33. The van der Waals surface area contributed by atoms with Crippen LogP contribution in [0.2, 0.25) is 0 Å². The van der Waals surface area contributed by atoms with E-state index in [2.05, 4.69) is 17.9 Å². The lowest BCUT2D eigenvalue weighted by Crippen LogP contribution is -2.52. The summed E-state index contributed by atoms with van der Waals surface area (Å²) in [6.07, 6.45) is 0.841. The fourth-order valence-electron chi connectivity index (χ4n) is 5.22. The van der Waals surface area contributed by atoms with Gasteiger partial charge in [-0.1, -0.05) is 6.92 Å². The molecule has 0 radical (unpaired) electrons. The minimum Gasteiger partial charge on any atom is -0.493 e. The SMILES string of the molecule is CCC1C(c2cc(OC)c(OC)c(OC)c2)c2cc3c(cc2OC1N1CCOCC1)OCO3. The average molecular weight is 458 g/mol. The van der Waals surface area contributed by atoms with Crippen molar-refractivity contribution >= 4 is 0 Å². The number of rotatable bonds is 6. The van der Waals surface area contributed by atoms with Crippen LogP contribution < -0.4 is 28.4 Å². The Labute approximate surface area is 194 Å². The summed E-state index contributed by atoms with van der Waals surface area (Å²) in [6, 6.07) is 8.11. The van der Waals surface area contributed by atoms with Gasteiger partial charge in [0.2, 0.25) is 12.5 Å². The lowest BCUT2D eigenvalue weighted by molar-refractivity contribution is -0.0830. The first-order valence-electron chi connectivity index (χ1n) is 11.4. The van der Waals surface area contributed by atoms with Crippen molar-refractivity contribution in [1.29, 1.82) is 0 Å². The monoisotopic (exact) mass is 457 g/mol. The summed E-state index contributed by atoms with van der Waals surface area (Å²) in [7, 11) is 4.91. The van der Waals surface area contributed by atoms with Crippen LogP contribution in [0.3, 0.4) is 0 Å². The normalized spacial score (nSPS) is 24.1. The molecule has 3 aliphatic rings. The van der Waals surface area contributed by atoms with E-state index < -0.39 is 0 Å². The molecule has 8 nitrogen and oxygen atoms in total. The van der Waals surface area contributed by atoms with Gasteiger partial charge in [0, 0.05) is 36.6 Å². The summed E-state index contributed by atoms with van der Waals surface area (Å²) in [4.78, 5) is 2.39. The van der Waals surface area contributed by atoms with Gasteiger partial charge in [-0.05, 0) is 30.2 Å². The van der Waals surface area contributed by atoms with E-state index in [1.165, 1.54) is 0 Å². The first kappa shape index (κ1) is 22.0. The summed E-state index contributed by atoms with van der Waals surface area (Å²) in [6.45, 7) is 5.52. The van der Waals surface area contributed by atoms with Crippen molar-refractivity contribution in [3.63, 3.8) is 0 Å². The van der Waals surface area contributed by atoms with E-state index in [4.69, 9.17) is 33.2 Å². The molecule has 0 aliphatic carbocycles. The first-order chi connectivity index (χ1) is 16.2. The fraction of sp³-hybridized carbons (Fsp3) is 0.520. The quantitative estimate of drug-likeness (QED) is 0.651. The van der Waals surface area contributed by atoms with Crippen LogP contribution in [0.1, 0.15) is 30.4 Å². The summed E-state index contributed by atoms with van der Waals surface area (Å²) >= 11 is 0. The zero-order valence-corrected chi connectivity index (χ0v) is 19.6. The molecule has 0 aromatic heterocycles. The molecule has 3 heterocycles. The standard InChI is InChI=1S/C25H31NO7/c1-5-16-23(15-10-21(27-2)24(29-4)22(11-15)28-3)17-12-19-20(32-14-31-19)13-18(17)33-25(16)26-6-8-30-9-7-26/h10-13,16,23,25H,5-9,14H2,1-4H3. The smallest absolute Gasteiger partial charge is 0.231 e. The van der Waals surface area contributed by atoms with E-state index >= 15 is 0 Å². The van der Waals surface area contributed by atoms with Gasteiger partial charge in [-0.25, -0.2) is 0 Å². The van der Waals surface area contributed by atoms with Gasteiger partial charge >= 0.3 is 0 Å². The Morgan fingerprint density at radius 1 is 0.879 bits per heavy atom. The van der Waals surface area contributed by atoms with E-state index in [1.807, 2.05) is 18.2 Å². The highest BCUT2D eigenvalue weighted by Gasteiger charge is 2.43. The second kappa shape index (κ2) is 9.19. The van der Waals surface area contributed by atoms with Gasteiger partial charge in [0.1, 0.15) is 5.75 Å². The van der Waals surface area contributed by atoms with E-state index in [0.29, 0.717) is 36.2 Å². The van der Waals surface area contributed by atoms with Crippen LogP contribution in [0.25, 0.3) is 0 Å². The second-order valence-electron chi connectivity index (χ2n) is 8.41. The number of benzene rings is 2. The van der Waals surface area contributed by atoms with Gasteiger partial charge in [0.05, 0.1) is 34.5 Å². The summed E-state index contributed by atoms with van der Waals surface area (Å²) in [5.74, 6) is 4.37. The maximum atomic E-state index is 6.66. The van der Waals surface area contributed by atoms with Crippen LogP contribution >= 0.6 is 0 Å². The van der Waals surface area contributed by atoms with Crippen LogP contribution in [0.15, 0.2) is 24.3 Å². The van der Waals surface area contributed by atoms with E-state index in [-0.39, 0.29) is 24.9 Å². The summed E-state index contributed by atoms with van der Waals surface area (Å²) in [5.41, 5.74) is 2.16. The predicted octanol–water partition coefficient (Wildman–Crippen LogP) is 3.65. The van der Waals surface area contributed by atoms with E-state index in [0.717, 1.165) is 42.1 Å². The Kier molecular flexibility index (Phi) is 6.12. The molecule has 5 rings (SSSR count). The minimum absolute atomic E-state index is 0.0369. The molecule has 8 heteroatoms. The predicted molar refractivity (Wildman–Crippen MR) is 121 cm³/mol. The number of fused-ring (bicyclic) bond motifs is 2. The van der Waals surface area contributed by atoms with Gasteiger partial charge in [0.15, 0.2) is 29.2 Å². The second-order valence-corrected chi connectivity index (χ2v) is 8.41. The zero-order chi connectivity index (χ0) is 22.9. The third kappa shape index (κ3) is 3.81. The minimum atomic E-state index is -0.0872. The first-order valence-corrected chi connectivity index (χ1v) is 11.4. The maximum Gasteiger partial charge on any atom is 0.231 e. The Balaban J connectivity index is 1.67. The Morgan fingerprint density at radius 3 is 2.15 bits per heavy atom. The van der Waals surface area contributed by atoms with Crippen molar-refractivity contribution in [2.75, 3.05) is 54.4 Å². The maximum absolute atomic E-state index is 6.66. The van der Waals surface area contributed by atoms with Gasteiger partial charge < -0.3 is 33.2 Å². The molecule has 0 N–H and O–H groups in total. The molecule has 1 saturated heterocycles. The third-order valence-corrected chi connectivity index (χ3v) is 6.81. The molecule has 0 spiro atoms. The number of hydrogen-bond donors (Lipinski definition) is 0. The summed E-state index contributed by atoms with van der Waals surface area (Å²) < 4.78 is 40.5. The van der Waals surface area contributed by atoms with Crippen molar-refractivity contribution in [3.8, 4) is 34.5 Å². The summed E-state index contributed by atoms with van der Waals surface area (Å²) in [5, 5.41) is 0. The van der Waals surface area contributed by atoms with Crippen molar-refractivity contribution in [2.24, 2.45) is 5.92 Å². The Hall–Kier alpha value is -2.84. The molecule has 3 aliphatic heterocycles. The zero-order valence-electron chi connectivity index (χ0n) is 19.6. The highest BCUT2D eigenvalue weighted by molar-refractivity contribution is 5.60. The van der Waals surface area contributed by atoms with Crippen LogP contribution in [0.5, 0.6) is 34.5 Å². The number of methoxy groups -OCH3 is 3. The Morgan fingerprint density at radius 2 is 1.55 bits per heavy atom. The highest BCUT2D eigenvalue weighted by Crippen LogP contribution is 2.52. The molecule has 0 amide bonds. The van der Waals surface area contributed by atoms with Crippen LogP contribution in [-0.2, 0) is 4.74 Å². The lowest BCUT2D eigenvalue weighted by atomic mass is 9.75. The van der Waals surface area contributed by atoms with E-state index in [9.17, 15) is 0 Å². The number of nitrogens with zero attached hydrogens (tertiary/aromatic N) is 1. The lowest BCUT2D eigenvalue weighted by Gasteiger charge is -2.45. The largest absolute Gasteiger partial charge is 0.493 e. The van der Waals surface area contributed by atoms with E-state index in [1.54, 1.807) is 21.3 Å². The van der Waals surface area contributed by atoms with Crippen molar-refractivity contribution in [2.45, 2.75) is 25.5 Å². The molecular weight excluding hydrogens is 426 g/mol. The van der Waals surface area contributed by atoms with Crippen molar-refractivity contribution < 1.29 is 33.2 Å². The molecule has 3 atom stereocenters. The molecule has 0 bridgehead atoms. The Bertz CT molecular complexity index is 979. The van der Waals surface area contributed by atoms with Crippen molar-refractivity contribution in [1.82, 2.24) is 4.90 Å². The molecule has 2 aromatic rings. The molecule has 0 saturated carbocycles. The molecule has 1 fully saturated rings. The molecule has 178 valence electrons.